The molecule has 0 heterocycles. The van der Waals surface area contributed by atoms with Gasteiger partial charge in [0.1, 0.15) is 0 Å². The van der Waals surface area contributed by atoms with Crippen molar-refractivity contribution in [1.82, 2.24) is 0 Å². The van der Waals surface area contributed by atoms with Gasteiger partial charge >= 0.3 is 0 Å². The van der Waals surface area contributed by atoms with Crippen LogP contribution in [0.3, 0.4) is 0 Å². The zero-order valence-corrected chi connectivity index (χ0v) is 19.7. The van der Waals surface area contributed by atoms with Crippen LogP contribution in [0.5, 0.6) is 0 Å². The Morgan fingerprint density at radius 2 is 0.514 bits per heavy atom. The summed E-state index contributed by atoms with van der Waals surface area (Å²) in [7, 11) is 0. The molecule has 0 saturated heterocycles. The fraction of sp³-hybridized carbons (Fsp3) is 0.0345. The summed E-state index contributed by atoms with van der Waals surface area (Å²) >= 11 is 0. The summed E-state index contributed by atoms with van der Waals surface area (Å²) in [6.45, 7) is 0. The molecule has 8 nitrogen and oxygen atoms in total. The molecule has 0 atom stereocenters. The smallest absolute Gasteiger partial charge is 0.248 e. The molecule has 4 aromatic rings. The van der Waals surface area contributed by atoms with E-state index in [1.807, 2.05) is 0 Å². The van der Waals surface area contributed by atoms with Crippen molar-refractivity contribution in [3.05, 3.63) is 142 Å². The second-order valence-electron chi connectivity index (χ2n) is 8.52. The molecular weight excluding hydrogens is 468 g/mol. The fourth-order valence-corrected chi connectivity index (χ4v) is 4.54. The first kappa shape index (κ1) is 24.9. The van der Waals surface area contributed by atoms with Crippen LogP contribution in [0.15, 0.2) is 97.1 Å². The van der Waals surface area contributed by atoms with E-state index in [2.05, 4.69) is 0 Å². The van der Waals surface area contributed by atoms with Crippen LogP contribution in [0.25, 0.3) is 0 Å². The van der Waals surface area contributed by atoms with Crippen LogP contribution in [0.2, 0.25) is 0 Å². The summed E-state index contributed by atoms with van der Waals surface area (Å²) in [6, 6.07) is 27.3. The third kappa shape index (κ3) is 4.55. The molecule has 8 N–H and O–H groups in total. The van der Waals surface area contributed by atoms with Crippen molar-refractivity contribution in [1.29, 1.82) is 0 Å². The topological polar surface area (TPSA) is 172 Å². The second-order valence-corrected chi connectivity index (χ2v) is 8.52. The molecule has 4 rings (SSSR count). The summed E-state index contributed by atoms with van der Waals surface area (Å²) in [4.78, 5) is 47.1. The van der Waals surface area contributed by atoms with Crippen molar-refractivity contribution in [2.75, 3.05) is 0 Å². The van der Waals surface area contributed by atoms with Crippen LogP contribution < -0.4 is 22.9 Å². The molecular formula is C29H24N4O4. The lowest BCUT2D eigenvalue weighted by molar-refractivity contribution is 0.0992. The van der Waals surface area contributed by atoms with E-state index >= 15 is 0 Å². The van der Waals surface area contributed by atoms with Gasteiger partial charge in [0.25, 0.3) is 0 Å². The van der Waals surface area contributed by atoms with Crippen LogP contribution in [-0.4, -0.2) is 23.6 Å². The maximum Gasteiger partial charge on any atom is 0.248 e. The van der Waals surface area contributed by atoms with E-state index in [4.69, 9.17) is 22.9 Å². The number of amides is 4. The largest absolute Gasteiger partial charge is 0.366 e. The van der Waals surface area contributed by atoms with Gasteiger partial charge in [-0.15, -0.1) is 0 Å². The summed E-state index contributed by atoms with van der Waals surface area (Å²) in [5.74, 6) is -2.28. The summed E-state index contributed by atoms with van der Waals surface area (Å²) in [5, 5.41) is 0. The molecule has 0 aromatic heterocycles. The number of nitrogens with two attached hydrogens (primary N) is 4. The highest BCUT2D eigenvalue weighted by Crippen LogP contribution is 2.45. The highest BCUT2D eigenvalue weighted by Gasteiger charge is 2.38. The zero-order valence-electron chi connectivity index (χ0n) is 19.7. The first-order valence-electron chi connectivity index (χ1n) is 11.3. The average Bonchev–Trinajstić information content (AvgIpc) is 2.90. The lowest BCUT2D eigenvalue weighted by atomic mass is 9.64. The Morgan fingerprint density at radius 3 is 0.649 bits per heavy atom. The summed E-state index contributed by atoms with van der Waals surface area (Å²) < 4.78 is 0. The maximum atomic E-state index is 11.8. The van der Waals surface area contributed by atoms with Crippen molar-refractivity contribution in [3.8, 4) is 0 Å². The van der Waals surface area contributed by atoms with Gasteiger partial charge in [-0.1, -0.05) is 48.5 Å². The number of primary amides is 4. The zero-order chi connectivity index (χ0) is 26.7. The van der Waals surface area contributed by atoms with Gasteiger partial charge in [-0.05, 0) is 70.8 Å². The van der Waals surface area contributed by atoms with Gasteiger partial charge in [-0.3, -0.25) is 19.2 Å². The van der Waals surface area contributed by atoms with Crippen LogP contribution in [-0.2, 0) is 5.41 Å². The predicted octanol–water partition coefficient (Wildman–Crippen LogP) is 2.46. The van der Waals surface area contributed by atoms with Crippen LogP contribution in [0.1, 0.15) is 63.7 Å². The Balaban J connectivity index is 2.09. The Labute approximate surface area is 212 Å². The molecule has 0 radical (unpaired) electrons. The molecule has 37 heavy (non-hydrogen) atoms. The molecule has 0 spiro atoms. The minimum Gasteiger partial charge on any atom is -0.366 e. The SMILES string of the molecule is NC(=O)c1ccc(C(c2ccc(C(N)=O)cc2)(c2ccc(C(N)=O)cc2)c2ccc(C(N)=O)cc2)cc1. The molecule has 0 aliphatic carbocycles. The molecule has 0 saturated carbocycles. The standard InChI is InChI=1S/C29H24N4O4/c30-25(34)17-1-9-21(10-2-17)29(22-11-3-18(4-12-22)26(31)35,23-13-5-19(6-14-23)27(32)36)24-15-7-20(8-16-24)28(33)37/h1-16H,(H2,30,34)(H2,31,35)(H2,32,36)(H2,33,37). The predicted molar refractivity (Wildman–Crippen MR) is 139 cm³/mol. The normalized spacial score (nSPS) is 11.0. The highest BCUT2D eigenvalue weighted by atomic mass is 16.2. The van der Waals surface area contributed by atoms with Gasteiger partial charge < -0.3 is 22.9 Å². The van der Waals surface area contributed by atoms with Crippen molar-refractivity contribution < 1.29 is 19.2 Å². The molecule has 0 bridgehead atoms. The van der Waals surface area contributed by atoms with Gasteiger partial charge in [-0.25, -0.2) is 0 Å². The molecule has 4 aromatic carbocycles. The van der Waals surface area contributed by atoms with E-state index < -0.39 is 29.0 Å². The van der Waals surface area contributed by atoms with Crippen molar-refractivity contribution >= 4 is 23.6 Å². The first-order valence-corrected chi connectivity index (χ1v) is 11.3. The Kier molecular flexibility index (Phi) is 6.58. The van der Waals surface area contributed by atoms with Crippen molar-refractivity contribution in [2.45, 2.75) is 5.41 Å². The number of carbonyl (C=O) groups excluding carboxylic acids is 4. The second kappa shape index (κ2) is 9.79. The summed E-state index contributed by atoms with van der Waals surface area (Å²) in [6.07, 6.45) is 0. The molecule has 0 fully saturated rings. The molecule has 8 heteroatoms. The van der Waals surface area contributed by atoms with E-state index in [9.17, 15) is 19.2 Å². The molecule has 0 unspecified atom stereocenters. The van der Waals surface area contributed by atoms with Crippen LogP contribution >= 0.6 is 0 Å². The van der Waals surface area contributed by atoms with Crippen molar-refractivity contribution in [2.24, 2.45) is 22.9 Å². The van der Waals surface area contributed by atoms with Gasteiger partial charge in [-0.2, -0.15) is 0 Å². The number of hydrogen-bond donors (Lipinski definition) is 4. The van der Waals surface area contributed by atoms with E-state index in [1.165, 1.54) is 0 Å². The van der Waals surface area contributed by atoms with Crippen LogP contribution in [0.4, 0.5) is 0 Å². The van der Waals surface area contributed by atoms with Gasteiger partial charge in [0.05, 0.1) is 5.41 Å². The van der Waals surface area contributed by atoms with Gasteiger partial charge in [0, 0.05) is 22.3 Å². The molecule has 184 valence electrons. The Bertz CT molecular complexity index is 1260. The quantitative estimate of drug-likeness (QED) is 0.277. The maximum absolute atomic E-state index is 11.8. The van der Waals surface area contributed by atoms with Crippen molar-refractivity contribution in [3.63, 3.8) is 0 Å². The Hall–Kier alpha value is -5.24. The highest BCUT2D eigenvalue weighted by molar-refractivity contribution is 5.94. The number of hydrogen-bond acceptors (Lipinski definition) is 4. The first-order chi connectivity index (χ1) is 17.6. The van der Waals surface area contributed by atoms with Crippen LogP contribution in [0, 0.1) is 0 Å². The Morgan fingerprint density at radius 1 is 0.351 bits per heavy atom. The summed E-state index contributed by atoms with van der Waals surface area (Å²) in [5.41, 5.74) is 25.2. The number of carbonyl (C=O) groups is 4. The number of rotatable bonds is 8. The fourth-order valence-electron chi connectivity index (χ4n) is 4.54. The van der Waals surface area contributed by atoms with E-state index in [0.717, 1.165) is 22.3 Å². The van der Waals surface area contributed by atoms with Gasteiger partial charge in [0.2, 0.25) is 23.6 Å². The molecule has 0 aliphatic rings. The monoisotopic (exact) mass is 492 g/mol. The van der Waals surface area contributed by atoms with E-state index in [1.54, 1.807) is 97.1 Å². The molecule has 0 aliphatic heterocycles. The third-order valence-electron chi connectivity index (χ3n) is 6.41. The van der Waals surface area contributed by atoms with E-state index in [-0.39, 0.29) is 0 Å². The third-order valence-corrected chi connectivity index (χ3v) is 6.41. The number of benzene rings is 4. The minimum atomic E-state index is -1.02. The lowest BCUT2D eigenvalue weighted by Crippen LogP contribution is -2.31. The minimum absolute atomic E-state index is 0.329. The average molecular weight is 493 g/mol. The van der Waals surface area contributed by atoms with E-state index in [0.29, 0.717) is 22.3 Å². The van der Waals surface area contributed by atoms with Gasteiger partial charge in [0.15, 0.2) is 0 Å². The molecule has 4 amide bonds. The lowest BCUT2D eigenvalue weighted by Gasteiger charge is -2.37.